The Morgan fingerprint density at radius 3 is 2.46 bits per heavy atom. The van der Waals surface area contributed by atoms with E-state index in [9.17, 15) is 13.2 Å². The number of aromatic nitrogens is 1. The number of carbonyl (C=O) groups is 1. The van der Waals surface area contributed by atoms with E-state index in [0.29, 0.717) is 11.4 Å². The molecule has 1 aromatic carbocycles. The first-order valence-corrected chi connectivity index (χ1v) is 9.55. The van der Waals surface area contributed by atoms with Crippen molar-refractivity contribution in [3.8, 4) is 5.88 Å². The number of nitrogens with zero attached hydrogens (tertiary/aromatic N) is 2. The molecule has 0 bridgehead atoms. The molecule has 0 aliphatic rings. The van der Waals surface area contributed by atoms with Crippen molar-refractivity contribution in [3.63, 3.8) is 0 Å². The molecule has 1 N–H and O–H groups in total. The summed E-state index contributed by atoms with van der Waals surface area (Å²) in [6.45, 7) is 3.85. The van der Waals surface area contributed by atoms with Crippen LogP contribution in [0.15, 0.2) is 47.5 Å². The highest BCUT2D eigenvalue weighted by Crippen LogP contribution is 2.17. The third kappa shape index (κ3) is 4.39. The molecule has 0 saturated carbocycles. The van der Waals surface area contributed by atoms with Crippen molar-refractivity contribution in [2.24, 2.45) is 0 Å². The Bertz CT molecular complexity index is 864. The monoisotopic (exact) mass is 377 g/mol. The van der Waals surface area contributed by atoms with Crippen LogP contribution in [0.4, 0.5) is 0 Å². The lowest BCUT2D eigenvalue weighted by Crippen LogP contribution is -2.33. The zero-order valence-electron chi connectivity index (χ0n) is 15.3. The number of hydrogen-bond donors (Lipinski definition) is 1. The van der Waals surface area contributed by atoms with Gasteiger partial charge in [-0.2, -0.15) is 4.31 Å². The summed E-state index contributed by atoms with van der Waals surface area (Å²) >= 11 is 0. The lowest BCUT2D eigenvalue weighted by molar-refractivity contribution is 0.0950. The highest BCUT2D eigenvalue weighted by molar-refractivity contribution is 7.89. The maximum Gasteiger partial charge on any atom is 0.251 e. The molecule has 7 nitrogen and oxygen atoms in total. The third-order valence-corrected chi connectivity index (χ3v) is 6.05. The fraction of sp³-hybridized carbons (Fsp3) is 0.333. The second-order valence-corrected chi connectivity index (χ2v) is 7.99. The fourth-order valence-electron chi connectivity index (χ4n) is 2.24. The number of nitrogens with one attached hydrogen (secondary N) is 1. The number of sulfonamides is 1. The van der Waals surface area contributed by atoms with Gasteiger partial charge in [-0.3, -0.25) is 4.79 Å². The molecule has 0 radical (unpaired) electrons. The van der Waals surface area contributed by atoms with E-state index in [0.717, 1.165) is 5.56 Å². The second kappa shape index (κ2) is 8.29. The van der Waals surface area contributed by atoms with Gasteiger partial charge in [0.1, 0.15) is 0 Å². The Hall–Kier alpha value is -2.45. The normalized spacial score (nSPS) is 11.6. The van der Waals surface area contributed by atoms with E-state index in [4.69, 9.17) is 4.74 Å². The van der Waals surface area contributed by atoms with Gasteiger partial charge in [0.05, 0.1) is 12.0 Å². The maximum absolute atomic E-state index is 12.4. The summed E-state index contributed by atoms with van der Waals surface area (Å²) in [5.41, 5.74) is 1.13. The number of methoxy groups -OCH3 is 1. The number of carbonyl (C=O) groups excluding carboxylic acids is 1. The number of hydrogen-bond acceptors (Lipinski definition) is 5. The highest BCUT2D eigenvalue weighted by atomic mass is 32.2. The van der Waals surface area contributed by atoms with Gasteiger partial charge >= 0.3 is 0 Å². The molecule has 0 spiro atoms. The van der Waals surface area contributed by atoms with Crippen molar-refractivity contribution in [2.75, 3.05) is 14.2 Å². The van der Waals surface area contributed by atoms with Gasteiger partial charge in [-0.1, -0.05) is 6.07 Å². The second-order valence-electron chi connectivity index (χ2n) is 5.99. The van der Waals surface area contributed by atoms with E-state index in [1.54, 1.807) is 26.1 Å². The summed E-state index contributed by atoms with van der Waals surface area (Å²) in [6, 6.07) is 9.28. The first-order chi connectivity index (χ1) is 12.3. The zero-order valence-corrected chi connectivity index (χ0v) is 16.1. The maximum atomic E-state index is 12.4. The molecule has 2 rings (SSSR count). The van der Waals surface area contributed by atoms with Crippen LogP contribution in [0.5, 0.6) is 5.88 Å². The predicted molar refractivity (Wildman–Crippen MR) is 98.5 cm³/mol. The third-order valence-electron chi connectivity index (χ3n) is 4.00. The smallest absolute Gasteiger partial charge is 0.251 e. The minimum atomic E-state index is -3.57. The SMILES string of the molecule is COc1ncccc1CNC(=O)c1ccc(S(=O)(=O)N(C)C(C)C)cc1. The van der Waals surface area contributed by atoms with Crippen molar-refractivity contribution in [1.29, 1.82) is 0 Å². The van der Waals surface area contributed by atoms with Gasteiger partial charge in [0, 0.05) is 37.0 Å². The number of pyridine rings is 1. The van der Waals surface area contributed by atoms with Gasteiger partial charge in [0.15, 0.2) is 0 Å². The van der Waals surface area contributed by atoms with Crippen LogP contribution in [0.2, 0.25) is 0 Å². The van der Waals surface area contributed by atoms with Gasteiger partial charge in [0.25, 0.3) is 5.91 Å². The van der Waals surface area contributed by atoms with Gasteiger partial charge < -0.3 is 10.1 Å². The van der Waals surface area contributed by atoms with Crippen LogP contribution in [0.3, 0.4) is 0 Å². The molecule has 1 amide bonds. The van der Waals surface area contributed by atoms with Crippen LogP contribution in [-0.2, 0) is 16.6 Å². The van der Waals surface area contributed by atoms with Crippen LogP contribution < -0.4 is 10.1 Å². The van der Waals surface area contributed by atoms with Crippen molar-refractivity contribution in [3.05, 3.63) is 53.7 Å². The van der Waals surface area contributed by atoms with Crippen LogP contribution in [-0.4, -0.2) is 43.8 Å². The molecule has 1 heterocycles. The van der Waals surface area contributed by atoms with Gasteiger partial charge in [-0.15, -0.1) is 0 Å². The molecule has 0 aliphatic heterocycles. The topological polar surface area (TPSA) is 88.6 Å². The fourth-order valence-corrected chi connectivity index (χ4v) is 3.61. The Morgan fingerprint density at radius 2 is 1.88 bits per heavy atom. The average Bonchev–Trinajstić information content (AvgIpc) is 2.65. The Labute approximate surface area is 154 Å². The Kier molecular flexibility index (Phi) is 6.33. The van der Waals surface area contributed by atoms with Crippen LogP contribution in [0.1, 0.15) is 29.8 Å². The number of ether oxygens (including phenoxy) is 1. The molecule has 8 heteroatoms. The van der Waals surface area contributed by atoms with Crippen molar-refractivity contribution in [2.45, 2.75) is 31.3 Å². The van der Waals surface area contributed by atoms with Crippen LogP contribution in [0, 0.1) is 0 Å². The van der Waals surface area contributed by atoms with E-state index >= 15 is 0 Å². The number of benzene rings is 1. The molecule has 0 saturated heterocycles. The van der Waals surface area contributed by atoms with E-state index in [1.165, 1.54) is 42.7 Å². The quantitative estimate of drug-likeness (QED) is 0.798. The minimum Gasteiger partial charge on any atom is -0.481 e. The first kappa shape index (κ1) is 19.9. The molecule has 26 heavy (non-hydrogen) atoms. The van der Waals surface area contributed by atoms with E-state index in [-0.39, 0.29) is 23.4 Å². The molecule has 0 atom stereocenters. The molecule has 0 aliphatic carbocycles. The molecule has 0 fully saturated rings. The largest absolute Gasteiger partial charge is 0.481 e. The lowest BCUT2D eigenvalue weighted by Gasteiger charge is -2.21. The number of rotatable bonds is 7. The van der Waals surface area contributed by atoms with Gasteiger partial charge in [-0.25, -0.2) is 13.4 Å². The predicted octanol–water partition coefficient (Wildman–Crippen LogP) is 2.05. The average molecular weight is 377 g/mol. The Morgan fingerprint density at radius 1 is 1.23 bits per heavy atom. The molecule has 1 aromatic heterocycles. The molecular weight excluding hydrogens is 354 g/mol. The van der Waals surface area contributed by atoms with Crippen LogP contribution in [0.25, 0.3) is 0 Å². The van der Waals surface area contributed by atoms with Gasteiger partial charge in [0.2, 0.25) is 15.9 Å². The summed E-state index contributed by atoms with van der Waals surface area (Å²) < 4.78 is 31.3. The summed E-state index contributed by atoms with van der Waals surface area (Å²) in [6.07, 6.45) is 1.61. The number of amides is 1. The summed E-state index contributed by atoms with van der Waals surface area (Å²) in [5, 5.41) is 2.77. The van der Waals surface area contributed by atoms with E-state index < -0.39 is 10.0 Å². The van der Waals surface area contributed by atoms with E-state index in [1.807, 2.05) is 6.07 Å². The Balaban J connectivity index is 2.09. The zero-order chi connectivity index (χ0) is 19.3. The summed E-state index contributed by atoms with van der Waals surface area (Å²) in [5.74, 6) is 0.142. The minimum absolute atomic E-state index is 0.152. The van der Waals surface area contributed by atoms with E-state index in [2.05, 4.69) is 10.3 Å². The van der Waals surface area contributed by atoms with Crippen molar-refractivity contribution in [1.82, 2.24) is 14.6 Å². The molecular formula is C18H23N3O4S. The summed E-state index contributed by atoms with van der Waals surface area (Å²) in [4.78, 5) is 16.5. The van der Waals surface area contributed by atoms with Crippen LogP contribution >= 0.6 is 0 Å². The molecule has 140 valence electrons. The standard InChI is InChI=1S/C18H23N3O4S/c1-13(2)21(3)26(23,24)16-9-7-14(8-10-16)17(22)20-12-15-6-5-11-19-18(15)25-4/h5-11,13H,12H2,1-4H3,(H,20,22). The highest BCUT2D eigenvalue weighted by Gasteiger charge is 2.23. The molecule has 2 aromatic rings. The summed E-state index contributed by atoms with van der Waals surface area (Å²) in [7, 11) is -0.524. The lowest BCUT2D eigenvalue weighted by atomic mass is 10.2. The molecule has 0 unspecified atom stereocenters. The van der Waals surface area contributed by atoms with Crippen molar-refractivity contribution < 1.29 is 17.9 Å². The van der Waals surface area contributed by atoms with Crippen molar-refractivity contribution >= 4 is 15.9 Å². The first-order valence-electron chi connectivity index (χ1n) is 8.11. The van der Waals surface area contributed by atoms with Gasteiger partial charge in [-0.05, 0) is 44.2 Å².